The molecule has 1 N–H and O–H groups in total. The molecule has 124 valence electrons. The normalized spacial score (nSPS) is 11.6. The number of nitrogens with zero attached hydrogens (tertiary/aromatic N) is 1. The molecule has 0 bridgehead atoms. The van der Waals surface area contributed by atoms with Crippen LogP contribution in [-0.2, 0) is 4.79 Å². The number of nitro groups is 1. The van der Waals surface area contributed by atoms with Crippen LogP contribution in [0, 0.1) is 10.1 Å². The van der Waals surface area contributed by atoms with Gasteiger partial charge in [-0.25, -0.2) is 0 Å². The van der Waals surface area contributed by atoms with Gasteiger partial charge in [-0.05, 0) is 23.3 Å². The third-order valence-corrected chi connectivity index (χ3v) is 3.80. The number of halogens is 2. The maximum Gasteiger partial charge on any atom is 0.265 e. The smallest absolute Gasteiger partial charge is 0.265 e. The van der Waals surface area contributed by atoms with Gasteiger partial charge in [0.25, 0.3) is 6.54 Å². The molecule has 1 amide bonds. The van der Waals surface area contributed by atoms with Gasteiger partial charge in [0.1, 0.15) is 0 Å². The third kappa shape index (κ3) is 4.31. The Morgan fingerprint density at radius 1 is 1.12 bits per heavy atom. The molecule has 8 heteroatoms. The van der Waals surface area contributed by atoms with E-state index in [4.69, 9.17) is 23.4 Å². The van der Waals surface area contributed by atoms with E-state index >= 15 is 0 Å². The summed E-state index contributed by atoms with van der Waals surface area (Å²) in [6.45, 7) is -0.779. The molecule has 1 atom stereocenters. The summed E-state index contributed by atoms with van der Waals surface area (Å²) in [5, 5.41) is 10.9. The van der Waals surface area contributed by atoms with Crippen LogP contribution in [0.4, 0.5) is 0 Å². The van der Waals surface area contributed by atoms with Crippen LogP contribution >= 0.6 is 23.4 Å². The van der Waals surface area contributed by atoms with Crippen molar-refractivity contribution in [1.29, 1.82) is 0 Å². The molecule has 0 spiro atoms. The highest BCUT2D eigenvalue weighted by Crippen LogP contribution is 2.27. The molecule has 2 aromatic rings. The number of carbonyl (C=O) groups is 2. The van der Waals surface area contributed by atoms with E-state index < -0.39 is 29.1 Å². The quantitative estimate of drug-likeness (QED) is 0.368. The number of nitrogens with one attached hydrogen (secondary N) is 1. The first-order chi connectivity index (χ1) is 11.4. The van der Waals surface area contributed by atoms with Crippen LogP contribution in [0.25, 0.3) is 0 Å². The monoisotopic (exact) mass is 366 g/mol. The van der Waals surface area contributed by atoms with Gasteiger partial charge < -0.3 is 0 Å². The van der Waals surface area contributed by atoms with Gasteiger partial charge >= 0.3 is 0 Å². The Balaban J connectivity index is 2.36. The maximum atomic E-state index is 12.1. The summed E-state index contributed by atoms with van der Waals surface area (Å²) in [5.41, 5.74) is 1.41. The Morgan fingerprint density at radius 3 is 2.33 bits per heavy atom. The van der Waals surface area contributed by atoms with Crippen molar-refractivity contribution in [3.05, 3.63) is 80.4 Å². The van der Waals surface area contributed by atoms with Crippen molar-refractivity contribution < 1.29 is 14.5 Å². The molecular weight excluding hydrogens is 355 g/mol. The second kappa shape index (κ2) is 7.90. The van der Waals surface area contributed by atoms with Crippen LogP contribution in [0.3, 0.4) is 0 Å². The minimum absolute atomic E-state index is 0.201. The topological polar surface area (TPSA) is 89.3 Å². The molecule has 24 heavy (non-hydrogen) atoms. The maximum absolute atomic E-state index is 12.1. The molecular formula is C16H12Cl2N2O4. The predicted octanol–water partition coefficient (Wildman–Crippen LogP) is 3.20. The summed E-state index contributed by atoms with van der Waals surface area (Å²) in [4.78, 5) is 35.6. The van der Waals surface area contributed by atoms with Gasteiger partial charge in [0.2, 0.25) is 11.7 Å². The Kier molecular flexibility index (Phi) is 5.89. The number of amides is 1. The van der Waals surface area contributed by atoms with E-state index in [2.05, 4.69) is 4.84 Å². The number of rotatable bonds is 6. The predicted molar refractivity (Wildman–Crippen MR) is 89.9 cm³/mol. The highest BCUT2D eigenvalue weighted by atomic mass is 35.5. The first kappa shape index (κ1) is 17.9. The van der Waals surface area contributed by atoms with E-state index in [1.165, 1.54) is 12.1 Å². The Morgan fingerprint density at radius 2 is 1.79 bits per heavy atom. The van der Waals surface area contributed by atoms with Crippen LogP contribution in [0.1, 0.15) is 27.4 Å². The molecule has 2 rings (SSSR count). The molecule has 0 aromatic heterocycles. The molecule has 0 aliphatic rings. The van der Waals surface area contributed by atoms with Crippen molar-refractivity contribution in [2.45, 2.75) is 5.92 Å². The SMILES string of the molecule is O=C(C[N+](=O)[O-])c1ccc(C(C(=O)NCl)c2cccc(Cl)c2)cc1. The van der Waals surface area contributed by atoms with E-state index in [1.54, 1.807) is 36.4 Å². The standard InChI is InChI=1S/C16H12Cl2N2O4/c17-13-3-1-2-12(8-13)15(16(22)19-18)11-6-4-10(5-7-11)14(21)9-20(23)24/h1-8,15H,9H2,(H,19,22). The van der Waals surface area contributed by atoms with Gasteiger partial charge in [-0.3, -0.25) is 24.5 Å². The lowest BCUT2D eigenvalue weighted by molar-refractivity contribution is -0.465. The third-order valence-electron chi connectivity index (χ3n) is 3.38. The Bertz CT molecular complexity index is 778. The van der Waals surface area contributed by atoms with Gasteiger partial charge in [0, 0.05) is 27.3 Å². The Labute approximate surface area is 147 Å². The number of carbonyl (C=O) groups excluding carboxylic acids is 2. The summed E-state index contributed by atoms with van der Waals surface area (Å²) >= 11 is 11.4. The molecule has 0 heterocycles. The molecule has 6 nitrogen and oxygen atoms in total. The number of benzene rings is 2. The number of hydrogen-bond acceptors (Lipinski definition) is 4. The molecule has 0 saturated heterocycles. The lowest BCUT2D eigenvalue weighted by Crippen LogP contribution is -2.23. The van der Waals surface area contributed by atoms with Gasteiger partial charge in [0.05, 0.1) is 5.92 Å². The fraction of sp³-hybridized carbons (Fsp3) is 0.125. The molecule has 2 aromatic carbocycles. The zero-order chi connectivity index (χ0) is 17.7. The summed E-state index contributed by atoms with van der Waals surface area (Å²) in [6, 6.07) is 12.8. The van der Waals surface area contributed by atoms with Crippen molar-refractivity contribution in [3.63, 3.8) is 0 Å². The number of Topliss-reactive ketones (excluding diaryl/α,β-unsaturated/α-hetero) is 1. The van der Waals surface area contributed by atoms with Crippen LogP contribution in [0.2, 0.25) is 5.02 Å². The molecule has 0 aliphatic heterocycles. The molecule has 0 radical (unpaired) electrons. The van der Waals surface area contributed by atoms with Crippen molar-refractivity contribution >= 4 is 35.1 Å². The van der Waals surface area contributed by atoms with Gasteiger partial charge in [-0.15, -0.1) is 0 Å². The Hall–Kier alpha value is -2.44. The van der Waals surface area contributed by atoms with E-state index in [0.717, 1.165) is 0 Å². The van der Waals surface area contributed by atoms with Crippen LogP contribution < -0.4 is 4.84 Å². The summed E-state index contributed by atoms with van der Waals surface area (Å²) in [6.07, 6.45) is 0. The molecule has 0 fully saturated rings. The summed E-state index contributed by atoms with van der Waals surface area (Å²) in [5.74, 6) is -1.78. The largest absolute Gasteiger partial charge is 0.287 e. The first-order valence-corrected chi connectivity index (χ1v) is 7.59. The fourth-order valence-electron chi connectivity index (χ4n) is 2.31. The van der Waals surface area contributed by atoms with Gasteiger partial charge in [-0.2, -0.15) is 0 Å². The molecule has 0 aliphatic carbocycles. The molecule has 0 saturated carbocycles. The van der Waals surface area contributed by atoms with E-state index in [9.17, 15) is 19.7 Å². The lowest BCUT2D eigenvalue weighted by atomic mass is 9.90. The summed E-state index contributed by atoms with van der Waals surface area (Å²) in [7, 11) is 0. The van der Waals surface area contributed by atoms with Crippen molar-refractivity contribution in [1.82, 2.24) is 4.84 Å². The fourth-order valence-corrected chi connectivity index (χ4v) is 2.61. The van der Waals surface area contributed by atoms with E-state index in [1.807, 2.05) is 0 Å². The van der Waals surface area contributed by atoms with E-state index in [0.29, 0.717) is 16.1 Å². The van der Waals surface area contributed by atoms with Gasteiger partial charge in [-0.1, -0.05) is 48.0 Å². The van der Waals surface area contributed by atoms with Gasteiger partial charge in [0.15, 0.2) is 0 Å². The van der Waals surface area contributed by atoms with Crippen molar-refractivity contribution in [2.75, 3.05) is 6.54 Å². The van der Waals surface area contributed by atoms with Crippen LogP contribution in [0.15, 0.2) is 48.5 Å². The highest BCUT2D eigenvalue weighted by molar-refractivity contribution is 6.30. The minimum Gasteiger partial charge on any atom is -0.287 e. The number of hydrogen-bond donors (Lipinski definition) is 1. The average Bonchev–Trinajstić information content (AvgIpc) is 2.55. The zero-order valence-corrected chi connectivity index (χ0v) is 13.8. The zero-order valence-electron chi connectivity index (χ0n) is 12.2. The second-order valence-corrected chi connectivity index (χ2v) is 5.61. The van der Waals surface area contributed by atoms with Crippen LogP contribution in [-0.4, -0.2) is 23.2 Å². The first-order valence-electron chi connectivity index (χ1n) is 6.83. The lowest BCUT2D eigenvalue weighted by Gasteiger charge is -2.16. The second-order valence-electron chi connectivity index (χ2n) is 4.98. The minimum atomic E-state index is -0.779. The summed E-state index contributed by atoms with van der Waals surface area (Å²) < 4.78 is 0. The average molecular weight is 367 g/mol. The molecule has 1 unspecified atom stereocenters. The van der Waals surface area contributed by atoms with Crippen molar-refractivity contribution in [3.8, 4) is 0 Å². The highest BCUT2D eigenvalue weighted by Gasteiger charge is 2.23. The van der Waals surface area contributed by atoms with E-state index in [-0.39, 0.29) is 5.56 Å². The van der Waals surface area contributed by atoms with Crippen LogP contribution in [0.5, 0.6) is 0 Å². The number of ketones is 1. The van der Waals surface area contributed by atoms with Crippen molar-refractivity contribution in [2.24, 2.45) is 0 Å².